The van der Waals surface area contributed by atoms with Gasteiger partial charge in [-0.05, 0) is 30.2 Å². The normalized spacial score (nSPS) is 12.0. The molecule has 104 valence electrons. The van der Waals surface area contributed by atoms with Crippen LogP contribution in [0.15, 0.2) is 24.3 Å². The molecule has 0 saturated carbocycles. The molecule has 19 heavy (non-hydrogen) atoms. The Kier molecular flexibility index (Phi) is 5.32. The molecule has 6 heteroatoms. The quantitative estimate of drug-likeness (QED) is 0.579. The Hall–Kier alpha value is -2.08. The van der Waals surface area contributed by atoms with Gasteiger partial charge in [0.05, 0.1) is 12.6 Å². The van der Waals surface area contributed by atoms with Crippen LogP contribution in [0.2, 0.25) is 0 Å². The fraction of sp³-hybridized carbons (Fsp3) is 0.385. The summed E-state index contributed by atoms with van der Waals surface area (Å²) in [5.41, 5.74) is 6.19. The van der Waals surface area contributed by atoms with Crippen LogP contribution in [-0.4, -0.2) is 29.5 Å². The van der Waals surface area contributed by atoms with E-state index in [0.717, 1.165) is 0 Å². The van der Waals surface area contributed by atoms with Crippen LogP contribution >= 0.6 is 0 Å². The molecule has 5 N–H and O–H groups in total. The van der Waals surface area contributed by atoms with E-state index in [2.05, 4.69) is 10.6 Å². The average Bonchev–Trinajstić information content (AvgIpc) is 2.37. The van der Waals surface area contributed by atoms with Gasteiger partial charge in [-0.25, -0.2) is 0 Å². The molecule has 0 aliphatic rings. The van der Waals surface area contributed by atoms with Crippen molar-refractivity contribution in [2.75, 3.05) is 11.9 Å². The van der Waals surface area contributed by atoms with E-state index in [1.165, 1.54) is 12.1 Å². The number of nitrogens with two attached hydrogens (primary N) is 1. The van der Waals surface area contributed by atoms with Crippen molar-refractivity contribution >= 4 is 17.5 Å². The summed E-state index contributed by atoms with van der Waals surface area (Å²) in [6.45, 7) is 3.53. The van der Waals surface area contributed by atoms with Gasteiger partial charge in [0.1, 0.15) is 5.75 Å². The molecule has 1 atom stereocenters. The maximum absolute atomic E-state index is 11.6. The van der Waals surface area contributed by atoms with Gasteiger partial charge in [-0.3, -0.25) is 9.59 Å². The molecular formula is C13H19N3O3. The second-order valence-corrected chi connectivity index (χ2v) is 4.58. The Labute approximate surface area is 112 Å². The molecular weight excluding hydrogens is 246 g/mol. The number of aromatic hydroxyl groups is 1. The van der Waals surface area contributed by atoms with E-state index in [-0.39, 0.29) is 30.0 Å². The second-order valence-electron chi connectivity index (χ2n) is 4.58. The summed E-state index contributed by atoms with van der Waals surface area (Å²) < 4.78 is 0. The Balaban J connectivity index is 2.40. The van der Waals surface area contributed by atoms with Crippen molar-refractivity contribution in [3.8, 4) is 5.75 Å². The number of phenols is 1. The number of carbonyl (C=O) groups excluding carboxylic acids is 2. The molecule has 0 spiro atoms. The SMILES string of the molecule is CC(C)[C@H](N)C(=O)NCC(=O)Nc1ccc(O)cc1. The second kappa shape index (κ2) is 6.75. The maximum Gasteiger partial charge on any atom is 0.243 e. The molecule has 0 radical (unpaired) electrons. The summed E-state index contributed by atoms with van der Waals surface area (Å²) in [6.07, 6.45) is 0. The lowest BCUT2D eigenvalue weighted by Crippen LogP contribution is -2.46. The van der Waals surface area contributed by atoms with Gasteiger partial charge in [0.15, 0.2) is 0 Å². The lowest BCUT2D eigenvalue weighted by atomic mass is 10.1. The van der Waals surface area contributed by atoms with Gasteiger partial charge >= 0.3 is 0 Å². The van der Waals surface area contributed by atoms with E-state index in [9.17, 15) is 9.59 Å². The number of benzene rings is 1. The number of nitrogens with one attached hydrogen (secondary N) is 2. The molecule has 1 aromatic carbocycles. The average molecular weight is 265 g/mol. The van der Waals surface area contributed by atoms with Crippen molar-refractivity contribution in [1.29, 1.82) is 0 Å². The molecule has 6 nitrogen and oxygen atoms in total. The lowest BCUT2D eigenvalue weighted by Gasteiger charge is -2.15. The molecule has 0 unspecified atom stereocenters. The Morgan fingerprint density at radius 1 is 1.26 bits per heavy atom. The van der Waals surface area contributed by atoms with Gasteiger partial charge in [0.2, 0.25) is 11.8 Å². The molecule has 0 aromatic heterocycles. The number of rotatable bonds is 5. The third-order valence-corrected chi connectivity index (χ3v) is 2.60. The van der Waals surface area contributed by atoms with E-state index in [4.69, 9.17) is 10.8 Å². The topological polar surface area (TPSA) is 104 Å². The van der Waals surface area contributed by atoms with E-state index in [1.54, 1.807) is 12.1 Å². The minimum atomic E-state index is -0.624. The van der Waals surface area contributed by atoms with Crippen LogP contribution < -0.4 is 16.4 Å². The van der Waals surface area contributed by atoms with E-state index in [1.807, 2.05) is 13.8 Å². The van der Waals surface area contributed by atoms with Gasteiger partial charge in [0, 0.05) is 5.69 Å². The first-order valence-electron chi connectivity index (χ1n) is 6.02. The number of amides is 2. The number of anilines is 1. The van der Waals surface area contributed by atoms with Gasteiger partial charge in [-0.2, -0.15) is 0 Å². The predicted molar refractivity (Wildman–Crippen MR) is 72.6 cm³/mol. The third kappa shape index (κ3) is 4.97. The molecule has 0 saturated heterocycles. The maximum atomic E-state index is 11.6. The summed E-state index contributed by atoms with van der Waals surface area (Å²) in [4.78, 5) is 23.1. The first-order chi connectivity index (χ1) is 8.90. The highest BCUT2D eigenvalue weighted by molar-refractivity contribution is 5.95. The number of hydrogen-bond acceptors (Lipinski definition) is 4. The Morgan fingerprint density at radius 3 is 2.37 bits per heavy atom. The minimum absolute atomic E-state index is 0.0140. The Bertz CT molecular complexity index is 443. The number of carbonyl (C=O) groups is 2. The zero-order valence-electron chi connectivity index (χ0n) is 11.0. The summed E-state index contributed by atoms with van der Waals surface area (Å²) in [5, 5.41) is 14.2. The van der Waals surface area contributed by atoms with Crippen molar-refractivity contribution < 1.29 is 14.7 Å². The third-order valence-electron chi connectivity index (χ3n) is 2.60. The molecule has 0 aliphatic carbocycles. The van der Waals surface area contributed by atoms with E-state index >= 15 is 0 Å². The Morgan fingerprint density at radius 2 is 1.84 bits per heavy atom. The molecule has 0 bridgehead atoms. The van der Waals surface area contributed by atoms with Crippen molar-refractivity contribution in [2.24, 2.45) is 11.7 Å². The fourth-order valence-corrected chi connectivity index (χ4v) is 1.34. The smallest absolute Gasteiger partial charge is 0.243 e. The van der Waals surface area contributed by atoms with Crippen molar-refractivity contribution in [1.82, 2.24) is 5.32 Å². The van der Waals surface area contributed by atoms with E-state index < -0.39 is 6.04 Å². The highest BCUT2D eigenvalue weighted by Crippen LogP contribution is 2.13. The zero-order chi connectivity index (χ0) is 14.4. The summed E-state index contributed by atoms with van der Waals surface area (Å²) >= 11 is 0. The van der Waals surface area contributed by atoms with Gasteiger partial charge in [-0.15, -0.1) is 0 Å². The predicted octanol–water partition coefficient (Wildman–Crippen LogP) is 0.430. The highest BCUT2D eigenvalue weighted by atomic mass is 16.3. The van der Waals surface area contributed by atoms with Crippen LogP contribution in [0, 0.1) is 5.92 Å². The summed E-state index contributed by atoms with van der Waals surface area (Å²) in [6, 6.07) is 5.43. The molecule has 1 aromatic rings. The minimum Gasteiger partial charge on any atom is -0.508 e. The summed E-state index contributed by atoms with van der Waals surface area (Å²) in [7, 11) is 0. The van der Waals surface area contributed by atoms with Crippen LogP contribution in [0.5, 0.6) is 5.75 Å². The first kappa shape index (κ1) is 15.0. The van der Waals surface area contributed by atoms with Gasteiger partial charge < -0.3 is 21.5 Å². The largest absolute Gasteiger partial charge is 0.508 e. The molecule has 2 amide bonds. The highest BCUT2D eigenvalue weighted by Gasteiger charge is 2.17. The van der Waals surface area contributed by atoms with Crippen molar-refractivity contribution in [2.45, 2.75) is 19.9 Å². The monoisotopic (exact) mass is 265 g/mol. The first-order valence-corrected chi connectivity index (χ1v) is 6.02. The molecule has 0 fully saturated rings. The fourth-order valence-electron chi connectivity index (χ4n) is 1.34. The van der Waals surface area contributed by atoms with Crippen LogP contribution in [-0.2, 0) is 9.59 Å². The molecule has 0 aliphatic heterocycles. The van der Waals surface area contributed by atoms with E-state index in [0.29, 0.717) is 5.69 Å². The van der Waals surface area contributed by atoms with Crippen LogP contribution in [0.4, 0.5) is 5.69 Å². The molecule has 0 heterocycles. The lowest BCUT2D eigenvalue weighted by molar-refractivity contribution is -0.125. The molecule has 1 rings (SSSR count). The zero-order valence-corrected chi connectivity index (χ0v) is 11.0. The van der Waals surface area contributed by atoms with Gasteiger partial charge in [-0.1, -0.05) is 13.8 Å². The standard InChI is InChI=1S/C13H19N3O3/c1-8(2)12(14)13(19)15-7-11(18)16-9-3-5-10(17)6-4-9/h3-6,8,12,17H,7,14H2,1-2H3,(H,15,19)(H,16,18)/t12-/m0/s1. The van der Waals surface area contributed by atoms with Crippen molar-refractivity contribution in [3.63, 3.8) is 0 Å². The van der Waals surface area contributed by atoms with Crippen LogP contribution in [0.25, 0.3) is 0 Å². The number of hydrogen-bond donors (Lipinski definition) is 4. The van der Waals surface area contributed by atoms with Crippen LogP contribution in [0.3, 0.4) is 0 Å². The number of phenolic OH excluding ortho intramolecular Hbond substituents is 1. The van der Waals surface area contributed by atoms with Crippen LogP contribution in [0.1, 0.15) is 13.8 Å². The summed E-state index contributed by atoms with van der Waals surface area (Å²) in [5.74, 6) is -0.569. The van der Waals surface area contributed by atoms with Gasteiger partial charge in [0.25, 0.3) is 0 Å². The van der Waals surface area contributed by atoms with Crippen molar-refractivity contribution in [3.05, 3.63) is 24.3 Å².